The predicted octanol–water partition coefficient (Wildman–Crippen LogP) is 3.39. The van der Waals surface area contributed by atoms with Crippen molar-refractivity contribution in [3.8, 4) is 11.1 Å². The number of halogens is 1. The number of hydrogen-bond donors (Lipinski definition) is 1. The van der Waals surface area contributed by atoms with E-state index in [4.69, 9.17) is 0 Å². The summed E-state index contributed by atoms with van der Waals surface area (Å²) in [5.74, 6) is -0.880. The van der Waals surface area contributed by atoms with Crippen molar-refractivity contribution in [1.82, 2.24) is 0 Å². The van der Waals surface area contributed by atoms with Crippen LogP contribution < -0.4 is 0 Å². The van der Waals surface area contributed by atoms with Gasteiger partial charge < -0.3 is 5.11 Å². The molecule has 3 rings (SSSR count). The Morgan fingerprint density at radius 2 is 1.35 bits per heavy atom. The molecule has 2 aromatic rings. The van der Waals surface area contributed by atoms with Gasteiger partial charge in [-0.25, -0.2) is 4.79 Å². The SMILES string of the molecule is O=C(O)C1(Br)c2ccccc2-c2ccccc21. The van der Waals surface area contributed by atoms with Crippen LogP contribution in [0.15, 0.2) is 48.5 Å². The Bertz CT molecular complexity index is 574. The molecule has 0 aromatic heterocycles. The molecule has 0 aliphatic heterocycles. The Morgan fingerprint density at radius 3 is 1.76 bits per heavy atom. The first-order valence-electron chi connectivity index (χ1n) is 5.27. The van der Waals surface area contributed by atoms with E-state index in [1.165, 1.54) is 0 Å². The van der Waals surface area contributed by atoms with E-state index >= 15 is 0 Å². The van der Waals surface area contributed by atoms with E-state index in [0.29, 0.717) is 0 Å². The molecule has 2 nitrogen and oxygen atoms in total. The number of fused-ring (bicyclic) bond motifs is 3. The topological polar surface area (TPSA) is 37.3 Å². The summed E-state index contributed by atoms with van der Waals surface area (Å²) in [6.45, 7) is 0. The van der Waals surface area contributed by atoms with Crippen LogP contribution in [0.3, 0.4) is 0 Å². The van der Waals surface area contributed by atoms with Gasteiger partial charge in [-0.3, -0.25) is 0 Å². The molecule has 3 heteroatoms. The maximum absolute atomic E-state index is 11.6. The molecule has 0 fully saturated rings. The van der Waals surface area contributed by atoms with Crippen molar-refractivity contribution < 1.29 is 9.90 Å². The number of alkyl halides is 1. The first-order valence-corrected chi connectivity index (χ1v) is 6.06. The maximum atomic E-state index is 11.6. The second-order valence-corrected chi connectivity index (χ2v) is 5.24. The van der Waals surface area contributed by atoms with Crippen LogP contribution in [0.1, 0.15) is 11.1 Å². The number of carboxylic acid groups (broad SMARTS) is 1. The summed E-state index contributed by atoms with van der Waals surface area (Å²) in [5.41, 5.74) is 3.58. The largest absolute Gasteiger partial charge is 0.480 e. The van der Waals surface area contributed by atoms with E-state index in [1.54, 1.807) is 0 Å². The fraction of sp³-hybridized carbons (Fsp3) is 0.0714. The molecule has 0 amide bonds. The van der Waals surface area contributed by atoms with Gasteiger partial charge in [0.25, 0.3) is 0 Å². The molecule has 1 aliphatic carbocycles. The summed E-state index contributed by atoms with van der Waals surface area (Å²) in [6.07, 6.45) is 0. The third kappa shape index (κ3) is 1.23. The van der Waals surface area contributed by atoms with Crippen LogP contribution in [-0.2, 0) is 9.12 Å². The van der Waals surface area contributed by atoms with Crippen LogP contribution in [-0.4, -0.2) is 11.1 Å². The van der Waals surface area contributed by atoms with Gasteiger partial charge in [-0.15, -0.1) is 0 Å². The molecule has 0 unspecified atom stereocenters. The average Bonchev–Trinajstić information content (AvgIpc) is 2.63. The molecule has 1 N–H and O–H groups in total. The number of hydrogen-bond acceptors (Lipinski definition) is 1. The minimum Gasteiger partial charge on any atom is -0.480 e. The van der Waals surface area contributed by atoms with E-state index in [-0.39, 0.29) is 0 Å². The quantitative estimate of drug-likeness (QED) is 0.817. The lowest BCUT2D eigenvalue weighted by Crippen LogP contribution is -2.27. The minimum absolute atomic E-state index is 0.800. The average molecular weight is 289 g/mol. The Hall–Kier alpha value is -1.61. The van der Waals surface area contributed by atoms with Crippen LogP contribution in [0.4, 0.5) is 0 Å². The van der Waals surface area contributed by atoms with E-state index in [1.807, 2.05) is 48.5 Å². The van der Waals surface area contributed by atoms with E-state index in [2.05, 4.69) is 15.9 Å². The number of carbonyl (C=O) groups is 1. The first kappa shape index (κ1) is 10.5. The van der Waals surface area contributed by atoms with Gasteiger partial charge in [-0.1, -0.05) is 64.5 Å². The third-order valence-electron chi connectivity index (χ3n) is 3.18. The lowest BCUT2D eigenvalue weighted by atomic mass is 9.97. The standard InChI is InChI=1S/C14H9BrO2/c15-14(13(16)17)11-7-3-1-5-9(11)10-6-2-4-8-12(10)14/h1-8H,(H,16,17). The molecule has 0 bridgehead atoms. The van der Waals surface area contributed by atoms with Crippen LogP contribution in [0.25, 0.3) is 11.1 Å². The van der Waals surface area contributed by atoms with E-state index < -0.39 is 10.3 Å². The van der Waals surface area contributed by atoms with Crippen LogP contribution in [0.2, 0.25) is 0 Å². The molecule has 17 heavy (non-hydrogen) atoms. The van der Waals surface area contributed by atoms with Crippen LogP contribution >= 0.6 is 15.9 Å². The Morgan fingerprint density at radius 1 is 0.941 bits per heavy atom. The van der Waals surface area contributed by atoms with Crippen LogP contribution in [0.5, 0.6) is 0 Å². The molecular formula is C14H9BrO2. The molecule has 0 saturated heterocycles. The number of aliphatic carboxylic acids is 1. The fourth-order valence-electron chi connectivity index (χ4n) is 2.41. The normalized spacial score (nSPS) is 15.1. The highest BCUT2D eigenvalue weighted by Crippen LogP contribution is 2.52. The first-order chi connectivity index (χ1) is 8.15. The van der Waals surface area contributed by atoms with Gasteiger partial charge in [-0.05, 0) is 22.3 Å². The van der Waals surface area contributed by atoms with Gasteiger partial charge in [0.05, 0.1) is 0 Å². The summed E-state index contributed by atoms with van der Waals surface area (Å²) >= 11 is 3.41. The highest BCUT2D eigenvalue weighted by atomic mass is 79.9. The maximum Gasteiger partial charge on any atom is 0.329 e. The highest BCUT2D eigenvalue weighted by molar-refractivity contribution is 9.10. The van der Waals surface area contributed by atoms with Crippen molar-refractivity contribution >= 4 is 21.9 Å². The highest BCUT2D eigenvalue weighted by Gasteiger charge is 2.47. The number of benzene rings is 2. The van der Waals surface area contributed by atoms with Gasteiger partial charge >= 0.3 is 5.97 Å². The monoisotopic (exact) mass is 288 g/mol. The van der Waals surface area contributed by atoms with Gasteiger partial charge in [0.15, 0.2) is 4.32 Å². The zero-order valence-corrected chi connectivity index (χ0v) is 10.4. The Balaban J connectivity index is 2.43. The van der Waals surface area contributed by atoms with Gasteiger partial charge in [0.1, 0.15) is 0 Å². The summed E-state index contributed by atoms with van der Waals surface area (Å²) in [5, 5.41) is 9.52. The lowest BCUT2D eigenvalue weighted by Gasteiger charge is -2.19. The van der Waals surface area contributed by atoms with Crippen molar-refractivity contribution in [2.24, 2.45) is 0 Å². The third-order valence-corrected chi connectivity index (χ3v) is 4.37. The summed E-state index contributed by atoms with van der Waals surface area (Å²) in [6, 6.07) is 15.2. The van der Waals surface area contributed by atoms with Crippen molar-refractivity contribution in [2.45, 2.75) is 4.32 Å². The number of rotatable bonds is 1. The second-order valence-electron chi connectivity index (χ2n) is 4.05. The molecule has 1 aliphatic rings. The fourth-order valence-corrected chi connectivity index (χ4v) is 3.10. The summed E-state index contributed by atoms with van der Waals surface area (Å²) in [4.78, 5) is 11.6. The molecule has 2 aromatic carbocycles. The molecule has 0 atom stereocenters. The summed E-state index contributed by atoms with van der Waals surface area (Å²) < 4.78 is -1.11. The Labute approximate surface area is 107 Å². The van der Waals surface area contributed by atoms with E-state index in [0.717, 1.165) is 22.3 Å². The molecular weight excluding hydrogens is 280 g/mol. The summed E-state index contributed by atoms with van der Waals surface area (Å²) in [7, 11) is 0. The van der Waals surface area contributed by atoms with Crippen molar-refractivity contribution in [2.75, 3.05) is 0 Å². The van der Waals surface area contributed by atoms with Gasteiger partial charge in [0.2, 0.25) is 0 Å². The van der Waals surface area contributed by atoms with Gasteiger partial charge in [0, 0.05) is 0 Å². The van der Waals surface area contributed by atoms with E-state index in [9.17, 15) is 9.90 Å². The molecule has 0 saturated carbocycles. The van der Waals surface area contributed by atoms with Crippen molar-refractivity contribution in [3.63, 3.8) is 0 Å². The van der Waals surface area contributed by atoms with Crippen molar-refractivity contribution in [1.29, 1.82) is 0 Å². The number of carboxylic acids is 1. The zero-order chi connectivity index (χ0) is 12.0. The zero-order valence-electron chi connectivity index (χ0n) is 8.85. The van der Waals surface area contributed by atoms with Crippen LogP contribution in [0, 0.1) is 0 Å². The Kier molecular flexibility index (Phi) is 2.13. The minimum atomic E-state index is -1.11. The molecule has 84 valence electrons. The predicted molar refractivity (Wildman–Crippen MR) is 69.2 cm³/mol. The molecule has 0 radical (unpaired) electrons. The lowest BCUT2D eigenvalue weighted by molar-refractivity contribution is -0.138. The second kappa shape index (κ2) is 3.44. The smallest absolute Gasteiger partial charge is 0.329 e. The molecule has 0 spiro atoms. The van der Waals surface area contributed by atoms with Gasteiger partial charge in [-0.2, -0.15) is 0 Å². The molecule has 0 heterocycles. The van der Waals surface area contributed by atoms with Crippen molar-refractivity contribution in [3.05, 3.63) is 59.7 Å².